The quantitative estimate of drug-likeness (QED) is 0.234. The van der Waals surface area contributed by atoms with Gasteiger partial charge in [-0.15, -0.1) is 0 Å². The van der Waals surface area contributed by atoms with Crippen molar-refractivity contribution in [3.8, 4) is 5.69 Å². The number of Topliss-reactive ketones (excluding diaryl/α,β-unsaturated/α-hetero) is 1. The van der Waals surface area contributed by atoms with Gasteiger partial charge in [-0.2, -0.15) is 0 Å². The summed E-state index contributed by atoms with van der Waals surface area (Å²) in [6.45, 7) is 3.89. The molecule has 0 saturated carbocycles. The lowest BCUT2D eigenvalue weighted by Crippen LogP contribution is -2.23. The Labute approximate surface area is 201 Å². The molecule has 0 saturated heterocycles. The van der Waals surface area contributed by atoms with E-state index in [0.717, 1.165) is 23.1 Å². The number of ketones is 1. The standard InChI is InChI=1S/C25H23N3O4S2/c1-16-8-9-17(2)22(14-16)28-24(30)20-6-4-5-7-21(20)26-25(28)33-15-23(29)18-10-12-19(13-11-18)27-34(3,31)32/h4-14,27H,15H2,1-3H3. The molecule has 4 rings (SSSR count). The van der Waals surface area contributed by atoms with Crippen LogP contribution in [-0.4, -0.2) is 35.8 Å². The van der Waals surface area contributed by atoms with E-state index in [-0.39, 0.29) is 17.1 Å². The van der Waals surface area contributed by atoms with E-state index in [0.29, 0.717) is 27.3 Å². The molecule has 0 aliphatic carbocycles. The van der Waals surface area contributed by atoms with Crippen LogP contribution in [0.1, 0.15) is 21.5 Å². The molecule has 0 fully saturated rings. The molecule has 0 atom stereocenters. The monoisotopic (exact) mass is 493 g/mol. The van der Waals surface area contributed by atoms with Crippen molar-refractivity contribution in [2.24, 2.45) is 0 Å². The van der Waals surface area contributed by atoms with Crippen molar-refractivity contribution in [2.75, 3.05) is 16.7 Å². The number of aryl methyl sites for hydroxylation is 2. The number of carbonyl (C=O) groups excluding carboxylic acids is 1. The van der Waals surface area contributed by atoms with E-state index in [1.807, 2.05) is 38.1 Å². The Kier molecular flexibility index (Phi) is 6.58. The summed E-state index contributed by atoms with van der Waals surface area (Å²) in [4.78, 5) is 31.0. The SMILES string of the molecule is Cc1ccc(C)c(-n2c(SCC(=O)c3ccc(NS(C)(=O)=O)cc3)nc3ccccc3c2=O)c1. The minimum atomic E-state index is -3.40. The minimum absolute atomic E-state index is 0.0640. The van der Waals surface area contributed by atoms with Crippen molar-refractivity contribution in [1.29, 1.82) is 0 Å². The lowest BCUT2D eigenvalue weighted by Gasteiger charge is -2.15. The summed E-state index contributed by atoms with van der Waals surface area (Å²) in [7, 11) is -3.40. The van der Waals surface area contributed by atoms with E-state index >= 15 is 0 Å². The molecule has 34 heavy (non-hydrogen) atoms. The number of fused-ring (bicyclic) bond motifs is 1. The summed E-state index contributed by atoms with van der Waals surface area (Å²) < 4.78 is 26.7. The van der Waals surface area contributed by atoms with Gasteiger partial charge >= 0.3 is 0 Å². The van der Waals surface area contributed by atoms with E-state index < -0.39 is 10.0 Å². The van der Waals surface area contributed by atoms with Gasteiger partial charge in [-0.3, -0.25) is 18.9 Å². The van der Waals surface area contributed by atoms with Gasteiger partial charge in [0.25, 0.3) is 5.56 Å². The molecule has 9 heteroatoms. The molecule has 0 bridgehead atoms. The fourth-order valence-electron chi connectivity index (χ4n) is 3.53. The molecule has 1 aromatic heterocycles. The van der Waals surface area contributed by atoms with Crippen molar-refractivity contribution >= 4 is 44.2 Å². The average Bonchev–Trinajstić information content (AvgIpc) is 2.79. The molecule has 174 valence electrons. The number of anilines is 1. The Morgan fingerprint density at radius 1 is 1.03 bits per heavy atom. The number of nitrogens with one attached hydrogen (secondary N) is 1. The number of rotatable bonds is 7. The number of aromatic nitrogens is 2. The first-order valence-corrected chi connectivity index (χ1v) is 13.3. The van der Waals surface area contributed by atoms with Gasteiger partial charge in [-0.1, -0.05) is 36.0 Å². The van der Waals surface area contributed by atoms with Crippen LogP contribution in [0.4, 0.5) is 5.69 Å². The van der Waals surface area contributed by atoms with Crippen LogP contribution in [0.15, 0.2) is 76.7 Å². The van der Waals surface area contributed by atoms with Gasteiger partial charge < -0.3 is 0 Å². The van der Waals surface area contributed by atoms with E-state index in [9.17, 15) is 18.0 Å². The third-order valence-electron chi connectivity index (χ3n) is 5.19. The van der Waals surface area contributed by atoms with Gasteiger partial charge in [-0.25, -0.2) is 13.4 Å². The number of thioether (sulfide) groups is 1. The Hall–Kier alpha value is -3.43. The first-order valence-electron chi connectivity index (χ1n) is 10.5. The smallest absolute Gasteiger partial charge is 0.266 e. The first kappa shape index (κ1) is 23.7. The number of sulfonamides is 1. The van der Waals surface area contributed by atoms with Crippen LogP contribution in [0.25, 0.3) is 16.6 Å². The fraction of sp³-hybridized carbons (Fsp3) is 0.160. The molecule has 0 aliphatic heterocycles. The van der Waals surface area contributed by atoms with Crippen molar-refractivity contribution in [3.63, 3.8) is 0 Å². The maximum Gasteiger partial charge on any atom is 0.266 e. The molecule has 1 N–H and O–H groups in total. The zero-order valence-electron chi connectivity index (χ0n) is 18.9. The number of carbonyl (C=O) groups is 1. The maximum atomic E-state index is 13.4. The predicted octanol–water partition coefficient (Wildman–Crippen LogP) is 4.35. The van der Waals surface area contributed by atoms with Gasteiger partial charge in [0.1, 0.15) is 0 Å². The van der Waals surface area contributed by atoms with Crippen molar-refractivity contribution in [3.05, 3.63) is 93.8 Å². The number of para-hydroxylation sites is 1. The second kappa shape index (κ2) is 9.44. The third kappa shape index (κ3) is 5.21. The molecule has 7 nitrogen and oxygen atoms in total. The molecular formula is C25H23N3O4S2. The highest BCUT2D eigenvalue weighted by atomic mass is 32.2. The molecule has 1 heterocycles. The van der Waals surface area contributed by atoms with E-state index in [4.69, 9.17) is 4.98 Å². The fourth-order valence-corrected chi connectivity index (χ4v) is 5.00. The second-order valence-electron chi connectivity index (χ2n) is 8.01. The Bertz CT molecular complexity index is 1560. The van der Waals surface area contributed by atoms with Crippen LogP contribution in [0, 0.1) is 13.8 Å². The van der Waals surface area contributed by atoms with Crippen molar-refractivity contribution < 1.29 is 13.2 Å². The highest BCUT2D eigenvalue weighted by Gasteiger charge is 2.17. The highest BCUT2D eigenvalue weighted by Crippen LogP contribution is 2.25. The summed E-state index contributed by atoms with van der Waals surface area (Å²) in [5.74, 6) is -0.0973. The van der Waals surface area contributed by atoms with Gasteiger partial charge in [-0.05, 0) is 67.4 Å². The summed E-state index contributed by atoms with van der Waals surface area (Å²) in [5.41, 5.74) is 3.86. The van der Waals surface area contributed by atoms with Gasteiger partial charge in [0, 0.05) is 11.3 Å². The zero-order chi connectivity index (χ0) is 24.5. The van der Waals surface area contributed by atoms with Crippen molar-refractivity contribution in [2.45, 2.75) is 19.0 Å². The Morgan fingerprint density at radius 3 is 2.44 bits per heavy atom. The zero-order valence-corrected chi connectivity index (χ0v) is 20.5. The molecule has 0 spiro atoms. The number of benzene rings is 3. The normalized spacial score (nSPS) is 11.5. The minimum Gasteiger partial charge on any atom is -0.293 e. The molecule has 0 radical (unpaired) electrons. The molecular weight excluding hydrogens is 470 g/mol. The maximum absolute atomic E-state index is 13.4. The van der Waals surface area contributed by atoms with Crippen LogP contribution in [0.5, 0.6) is 0 Å². The van der Waals surface area contributed by atoms with Crippen LogP contribution in [0.2, 0.25) is 0 Å². The largest absolute Gasteiger partial charge is 0.293 e. The predicted molar refractivity (Wildman–Crippen MR) is 137 cm³/mol. The van der Waals surface area contributed by atoms with E-state index in [2.05, 4.69) is 4.72 Å². The van der Waals surface area contributed by atoms with E-state index in [1.54, 1.807) is 47.0 Å². The van der Waals surface area contributed by atoms with Crippen LogP contribution in [0.3, 0.4) is 0 Å². The lowest BCUT2D eigenvalue weighted by atomic mass is 10.1. The second-order valence-corrected chi connectivity index (χ2v) is 10.7. The summed E-state index contributed by atoms with van der Waals surface area (Å²) >= 11 is 1.19. The molecule has 0 unspecified atom stereocenters. The molecule has 0 aliphatic rings. The van der Waals surface area contributed by atoms with Gasteiger partial charge in [0.15, 0.2) is 10.9 Å². The molecule has 3 aromatic carbocycles. The number of hydrogen-bond acceptors (Lipinski definition) is 6. The molecule has 0 amide bonds. The Morgan fingerprint density at radius 2 is 1.74 bits per heavy atom. The first-order chi connectivity index (χ1) is 16.1. The number of hydrogen-bond donors (Lipinski definition) is 1. The third-order valence-corrected chi connectivity index (χ3v) is 6.74. The highest BCUT2D eigenvalue weighted by molar-refractivity contribution is 7.99. The van der Waals surface area contributed by atoms with E-state index in [1.165, 1.54) is 11.8 Å². The summed E-state index contributed by atoms with van der Waals surface area (Å²) in [6.07, 6.45) is 1.06. The number of nitrogens with zero attached hydrogens (tertiary/aromatic N) is 2. The Balaban J connectivity index is 1.68. The summed E-state index contributed by atoms with van der Waals surface area (Å²) in [6, 6.07) is 19.3. The molecule has 4 aromatic rings. The van der Waals surface area contributed by atoms with Crippen LogP contribution in [-0.2, 0) is 10.0 Å². The topological polar surface area (TPSA) is 98.1 Å². The average molecular weight is 494 g/mol. The summed E-state index contributed by atoms with van der Waals surface area (Å²) in [5, 5.41) is 0.939. The van der Waals surface area contributed by atoms with Gasteiger partial charge in [0.2, 0.25) is 10.0 Å². The van der Waals surface area contributed by atoms with Gasteiger partial charge in [0.05, 0.1) is 28.6 Å². The van der Waals surface area contributed by atoms with Crippen molar-refractivity contribution in [1.82, 2.24) is 9.55 Å². The lowest BCUT2D eigenvalue weighted by molar-refractivity contribution is 0.102. The van der Waals surface area contributed by atoms with Crippen LogP contribution < -0.4 is 10.3 Å². The van der Waals surface area contributed by atoms with Crippen LogP contribution >= 0.6 is 11.8 Å².